The summed E-state index contributed by atoms with van der Waals surface area (Å²) in [5.41, 5.74) is 3.65. The third-order valence-electron chi connectivity index (χ3n) is 5.55. The van der Waals surface area contributed by atoms with Crippen LogP contribution in [-0.2, 0) is 6.54 Å². The highest BCUT2D eigenvalue weighted by atomic mass is 16.5. The van der Waals surface area contributed by atoms with E-state index in [0.29, 0.717) is 39.5 Å². The smallest absolute Gasteiger partial charge is 0.252 e. The van der Waals surface area contributed by atoms with Gasteiger partial charge in [0.05, 0.1) is 44.2 Å². The second-order valence-corrected chi connectivity index (χ2v) is 8.06. The van der Waals surface area contributed by atoms with Crippen molar-refractivity contribution in [2.45, 2.75) is 26.4 Å². The number of nitrogens with one attached hydrogen (secondary N) is 1. The molecule has 2 aromatic carbocycles. The van der Waals surface area contributed by atoms with E-state index in [9.17, 15) is 4.79 Å². The molecule has 0 aliphatic carbocycles. The monoisotopic (exact) mass is 460 g/mol. The molecule has 0 aliphatic heterocycles. The van der Waals surface area contributed by atoms with E-state index >= 15 is 0 Å². The van der Waals surface area contributed by atoms with Gasteiger partial charge in [0.15, 0.2) is 17.1 Å². The van der Waals surface area contributed by atoms with E-state index in [0.717, 1.165) is 11.1 Å². The van der Waals surface area contributed by atoms with Gasteiger partial charge in [0.25, 0.3) is 5.91 Å². The van der Waals surface area contributed by atoms with Gasteiger partial charge in [0.2, 0.25) is 5.75 Å². The third kappa shape index (κ3) is 4.39. The van der Waals surface area contributed by atoms with Crippen LogP contribution in [0, 0.1) is 0 Å². The molecule has 0 saturated heterocycles. The molecule has 8 nitrogen and oxygen atoms in total. The normalized spacial score (nSPS) is 11.0. The zero-order valence-electron chi connectivity index (χ0n) is 20.0. The van der Waals surface area contributed by atoms with Gasteiger partial charge in [-0.25, -0.2) is 9.67 Å². The molecule has 0 saturated carbocycles. The fraction of sp³-hybridized carbons (Fsp3) is 0.269. The van der Waals surface area contributed by atoms with E-state index in [1.54, 1.807) is 27.5 Å². The number of aromatic nitrogens is 3. The van der Waals surface area contributed by atoms with Crippen molar-refractivity contribution in [3.8, 4) is 28.5 Å². The maximum absolute atomic E-state index is 13.4. The lowest BCUT2D eigenvalue weighted by molar-refractivity contribution is 0.0952. The Morgan fingerprint density at radius 3 is 2.26 bits per heavy atom. The molecule has 2 heterocycles. The second kappa shape index (κ2) is 9.82. The molecule has 4 rings (SSSR count). The Kier molecular flexibility index (Phi) is 6.67. The third-order valence-corrected chi connectivity index (χ3v) is 5.55. The van der Waals surface area contributed by atoms with Gasteiger partial charge in [0, 0.05) is 18.2 Å². The molecule has 1 N–H and O–H groups in total. The predicted molar refractivity (Wildman–Crippen MR) is 131 cm³/mol. The number of fused-ring (bicyclic) bond motifs is 1. The first-order valence-corrected chi connectivity index (χ1v) is 11.0. The Labute approximate surface area is 198 Å². The molecular weight excluding hydrogens is 432 g/mol. The van der Waals surface area contributed by atoms with E-state index < -0.39 is 0 Å². The Bertz CT molecular complexity index is 1290. The quantitative estimate of drug-likeness (QED) is 0.412. The van der Waals surface area contributed by atoms with Crippen molar-refractivity contribution in [2.24, 2.45) is 0 Å². The number of pyridine rings is 1. The first-order valence-electron chi connectivity index (χ1n) is 11.0. The largest absolute Gasteiger partial charge is 0.493 e. The van der Waals surface area contributed by atoms with Crippen LogP contribution >= 0.6 is 0 Å². The Morgan fingerprint density at radius 2 is 1.68 bits per heavy atom. The van der Waals surface area contributed by atoms with Gasteiger partial charge >= 0.3 is 0 Å². The van der Waals surface area contributed by atoms with Crippen LogP contribution in [0.15, 0.2) is 54.7 Å². The standard InChI is InChI=1S/C26H28N4O4/c1-16(2)30-25-20(15-28-30)19(13-21(29-25)18-9-7-6-8-10-18)26(31)27-14-17-11-22(32-3)24(34-5)23(12-17)33-4/h6-13,15-16H,14H2,1-5H3,(H,27,31). The maximum atomic E-state index is 13.4. The lowest BCUT2D eigenvalue weighted by Gasteiger charge is -2.15. The molecule has 0 atom stereocenters. The zero-order chi connectivity index (χ0) is 24.2. The van der Waals surface area contributed by atoms with Crippen molar-refractivity contribution in [3.63, 3.8) is 0 Å². The minimum atomic E-state index is -0.221. The molecule has 1 amide bonds. The summed E-state index contributed by atoms with van der Waals surface area (Å²) < 4.78 is 18.1. The number of carbonyl (C=O) groups excluding carboxylic acids is 1. The summed E-state index contributed by atoms with van der Waals surface area (Å²) in [6.45, 7) is 4.35. The van der Waals surface area contributed by atoms with Gasteiger partial charge in [-0.1, -0.05) is 30.3 Å². The van der Waals surface area contributed by atoms with Crippen molar-refractivity contribution in [1.82, 2.24) is 20.1 Å². The second-order valence-electron chi connectivity index (χ2n) is 8.06. The zero-order valence-corrected chi connectivity index (χ0v) is 20.0. The Morgan fingerprint density at radius 1 is 1.00 bits per heavy atom. The van der Waals surface area contributed by atoms with E-state index in [4.69, 9.17) is 19.2 Å². The van der Waals surface area contributed by atoms with Crippen LogP contribution in [0.1, 0.15) is 35.8 Å². The van der Waals surface area contributed by atoms with Crippen LogP contribution in [0.4, 0.5) is 0 Å². The molecule has 0 unspecified atom stereocenters. The minimum absolute atomic E-state index is 0.103. The molecule has 0 radical (unpaired) electrons. The summed E-state index contributed by atoms with van der Waals surface area (Å²) in [6.07, 6.45) is 1.70. The number of methoxy groups -OCH3 is 3. The number of rotatable bonds is 8. The predicted octanol–water partition coefficient (Wildman–Crippen LogP) is 4.64. The van der Waals surface area contributed by atoms with Gasteiger partial charge in [-0.3, -0.25) is 4.79 Å². The SMILES string of the molecule is COc1cc(CNC(=O)c2cc(-c3ccccc3)nc3c2cnn3C(C)C)cc(OC)c1OC. The topological polar surface area (TPSA) is 87.5 Å². The molecular formula is C26H28N4O4. The van der Waals surface area contributed by atoms with E-state index in [2.05, 4.69) is 10.4 Å². The van der Waals surface area contributed by atoms with E-state index in [1.807, 2.05) is 67.1 Å². The number of hydrogen-bond donors (Lipinski definition) is 1. The number of hydrogen-bond acceptors (Lipinski definition) is 6. The molecule has 0 aliphatic rings. The van der Waals surface area contributed by atoms with Gasteiger partial charge in [0.1, 0.15) is 0 Å². The Hall–Kier alpha value is -4.07. The van der Waals surface area contributed by atoms with Crippen LogP contribution in [0.5, 0.6) is 17.2 Å². The Balaban J connectivity index is 1.70. The molecule has 8 heteroatoms. The summed E-state index contributed by atoms with van der Waals surface area (Å²) in [5, 5.41) is 8.20. The van der Waals surface area contributed by atoms with Gasteiger partial charge in [-0.2, -0.15) is 5.10 Å². The fourth-order valence-electron chi connectivity index (χ4n) is 3.86. The molecule has 0 spiro atoms. The first kappa shape index (κ1) is 23.1. The summed E-state index contributed by atoms with van der Waals surface area (Å²) in [7, 11) is 4.67. The number of benzene rings is 2. The van der Waals surface area contributed by atoms with Crippen molar-refractivity contribution in [3.05, 3.63) is 65.9 Å². The maximum Gasteiger partial charge on any atom is 0.252 e. The van der Waals surface area contributed by atoms with Crippen LogP contribution in [0.25, 0.3) is 22.3 Å². The number of nitrogens with zero attached hydrogens (tertiary/aromatic N) is 3. The van der Waals surface area contributed by atoms with E-state index in [-0.39, 0.29) is 18.5 Å². The van der Waals surface area contributed by atoms with Crippen molar-refractivity contribution in [2.75, 3.05) is 21.3 Å². The van der Waals surface area contributed by atoms with Crippen molar-refractivity contribution < 1.29 is 19.0 Å². The number of carbonyl (C=O) groups is 1. The number of ether oxygens (including phenoxy) is 3. The molecule has 176 valence electrons. The number of amides is 1. The van der Waals surface area contributed by atoms with Gasteiger partial charge in [-0.15, -0.1) is 0 Å². The average molecular weight is 461 g/mol. The summed E-state index contributed by atoms with van der Waals surface area (Å²) in [6, 6.07) is 15.3. The highest BCUT2D eigenvalue weighted by Crippen LogP contribution is 2.38. The van der Waals surface area contributed by atoms with E-state index in [1.165, 1.54) is 0 Å². The van der Waals surface area contributed by atoms with Gasteiger partial charge < -0.3 is 19.5 Å². The molecule has 4 aromatic rings. The van der Waals surface area contributed by atoms with Crippen LogP contribution < -0.4 is 19.5 Å². The first-order chi connectivity index (χ1) is 16.5. The highest BCUT2D eigenvalue weighted by Gasteiger charge is 2.19. The van der Waals surface area contributed by atoms with Gasteiger partial charge in [-0.05, 0) is 37.6 Å². The highest BCUT2D eigenvalue weighted by molar-refractivity contribution is 6.06. The van der Waals surface area contributed by atoms with Crippen LogP contribution in [0.3, 0.4) is 0 Å². The van der Waals surface area contributed by atoms with Crippen LogP contribution in [0.2, 0.25) is 0 Å². The summed E-state index contributed by atoms with van der Waals surface area (Å²) >= 11 is 0. The average Bonchev–Trinajstić information content (AvgIpc) is 3.30. The molecule has 2 aromatic heterocycles. The minimum Gasteiger partial charge on any atom is -0.493 e. The lowest BCUT2D eigenvalue weighted by atomic mass is 10.1. The summed E-state index contributed by atoms with van der Waals surface area (Å²) in [4.78, 5) is 18.2. The van der Waals surface area contributed by atoms with Crippen molar-refractivity contribution in [1.29, 1.82) is 0 Å². The fourth-order valence-corrected chi connectivity index (χ4v) is 3.86. The lowest BCUT2D eigenvalue weighted by Crippen LogP contribution is -2.23. The van der Waals surface area contributed by atoms with Crippen LogP contribution in [-0.4, -0.2) is 42.0 Å². The molecule has 0 bridgehead atoms. The van der Waals surface area contributed by atoms with Crippen molar-refractivity contribution >= 4 is 16.9 Å². The summed E-state index contributed by atoms with van der Waals surface area (Å²) in [5.74, 6) is 1.34. The molecule has 0 fully saturated rings. The molecule has 34 heavy (non-hydrogen) atoms.